The molecule has 0 fully saturated rings. The van der Waals surface area contributed by atoms with E-state index in [0.717, 1.165) is 24.9 Å². The Morgan fingerprint density at radius 3 is 2.51 bits per heavy atom. The number of nitrogens with zero attached hydrogens (tertiary/aromatic N) is 2. The maximum Gasteiger partial charge on any atom is 0.368 e. The summed E-state index contributed by atoms with van der Waals surface area (Å²) in [5, 5.41) is 8.83. The minimum Gasteiger partial charge on any atom is -0.476 e. The van der Waals surface area contributed by atoms with E-state index >= 15 is 0 Å². The maximum atomic E-state index is 13.6. The molecular formula is C25H33FN2O5S2. The Morgan fingerprint density at radius 2 is 1.94 bits per heavy atom. The second-order valence-electron chi connectivity index (χ2n) is 8.48. The molecule has 2 aromatic rings. The van der Waals surface area contributed by atoms with Gasteiger partial charge in [0, 0.05) is 25.3 Å². The molecule has 7 nitrogen and oxygen atoms in total. The molecule has 3 N–H and O–H groups in total. The number of carboxylic acids is 1. The van der Waals surface area contributed by atoms with E-state index in [1.807, 2.05) is 36.6 Å². The number of carbonyl (C=O) groups is 1. The largest absolute Gasteiger partial charge is 0.476 e. The van der Waals surface area contributed by atoms with Crippen LogP contribution in [0.5, 0.6) is 5.75 Å². The summed E-state index contributed by atoms with van der Waals surface area (Å²) >= 11 is 1.33. The monoisotopic (exact) mass is 524 g/mol. The normalized spacial score (nSPS) is 21.2. The molecule has 3 rings (SSSR count). The van der Waals surface area contributed by atoms with Crippen molar-refractivity contribution in [1.29, 1.82) is 0 Å². The number of fused-ring (bicyclic) bond motifs is 1. The Morgan fingerprint density at radius 1 is 1.26 bits per heavy atom. The molecule has 1 atom stereocenters. The van der Waals surface area contributed by atoms with Gasteiger partial charge in [0.1, 0.15) is 16.9 Å². The number of rotatable bonds is 9. The Labute approximate surface area is 212 Å². The van der Waals surface area contributed by atoms with Gasteiger partial charge < -0.3 is 14.7 Å². The van der Waals surface area contributed by atoms with Crippen LogP contribution in [-0.2, 0) is 4.79 Å². The van der Waals surface area contributed by atoms with Gasteiger partial charge in [0.25, 0.3) is 0 Å². The molecule has 1 aliphatic heterocycles. The number of anilines is 2. The van der Waals surface area contributed by atoms with Gasteiger partial charge in [-0.25, -0.2) is 4.79 Å². The summed E-state index contributed by atoms with van der Waals surface area (Å²) in [5.74, 6) is -3.05. The van der Waals surface area contributed by atoms with E-state index in [2.05, 4.69) is 18.7 Å². The molecular weight excluding hydrogens is 491 g/mol. The number of aliphatic carboxylic acids is 1. The highest BCUT2D eigenvalue weighted by atomic mass is 32.3. The fraction of sp³-hybridized carbons (Fsp3) is 0.400. The quantitative estimate of drug-likeness (QED) is 0.181. The summed E-state index contributed by atoms with van der Waals surface area (Å²) in [6.07, 6.45) is 5.70. The molecule has 2 aromatic carbocycles. The van der Waals surface area contributed by atoms with E-state index in [1.54, 1.807) is 17.4 Å². The first-order valence-corrected chi connectivity index (χ1v) is 14.2. The number of likely N-dealkylation sites (N-methyl/N-ethyl adjacent to an activating group) is 1. The number of hydrogen-bond donors (Lipinski definition) is 3. The number of para-hydroxylation sites is 1. The molecule has 10 heteroatoms. The number of unbranched alkanes of at least 4 members (excludes halogenated alkanes) is 1. The summed E-state index contributed by atoms with van der Waals surface area (Å²) in [6, 6.07) is 13.0. The molecule has 0 bridgehead atoms. The number of carboxylic acid groups (broad SMARTS) is 1. The molecule has 1 heterocycles. The molecule has 35 heavy (non-hydrogen) atoms. The fourth-order valence-corrected chi connectivity index (χ4v) is 6.73. The minimum atomic E-state index is -3.48. The zero-order valence-electron chi connectivity index (χ0n) is 20.4. The Bertz CT molecular complexity index is 1080. The molecule has 0 amide bonds. The van der Waals surface area contributed by atoms with Crippen molar-refractivity contribution in [3.8, 4) is 5.75 Å². The van der Waals surface area contributed by atoms with E-state index in [-0.39, 0.29) is 10.6 Å². The number of hydrogen-bond acceptors (Lipinski definition) is 7. The first-order chi connectivity index (χ1) is 16.6. The Hall–Kier alpha value is -2.24. The average molecular weight is 525 g/mol. The highest BCUT2D eigenvalue weighted by Gasteiger charge is 2.46. The third-order valence-corrected chi connectivity index (χ3v) is 9.38. The fourth-order valence-electron chi connectivity index (χ4n) is 4.37. The summed E-state index contributed by atoms with van der Waals surface area (Å²) in [7, 11) is -1.74. The van der Waals surface area contributed by atoms with E-state index in [0.29, 0.717) is 29.8 Å². The van der Waals surface area contributed by atoms with Crippen LogP contribution in [0.25, 0.3) is 0 Å². The Kier molecular flexibility index (Phi) is 8.76. The topological polar surface area (TPSA) is 93.5 Å². The smallest absolute Gasteiger partial charge is 0.368 e. The summed E-state index contributed by atoms with van der Waals surface area (Å²) < 4.78 is 44.0. The van der Waals surface area contributed by atoms with Crippen LogP contribution in [0.4, 0.5) is 15.8 Å². The van der Waals surface area contributed by atoms with Gasteiger partial charge in [-0.05, 0) is 37.3 Å². The van der Waals surface area contributed by atoms with Crippen LogP contribution in [0, 0.1) is 0 Å². The highest BCUT2D eigenvalue weighted by Crippen LogP contribution is 2.62. The standard InChI is InChI=1S/C25H33FN2O5S2/c1-5-7-13-25(6-2)17-28(18-11-9-8-10-12-18)20-14-22(34-4)21(33-16-19(26)24(29)30)15-23(20)35(31,32)27(25)3/h8-12,14-16,31-32H,5-7,13,17H2,1-4H3,(H,29,30)/b19-16-. The third-order valence-electron chi connectivity index (χ3n) is 6.55. The van der Waals surface area contributed by atoms with Crippen LogP contribution in [0.3, 0.4) is 0 Å². The van der Waals surface area contributed by atoms with Gasteiger partial charge in [-0.2, -0.15) is 8.70 Å². The molecule has 1 unspecified atom stereocenters. The van der Waals surface area contributed by atoms with Crippen molar-refractivity contribution in [2.24, 2.45) is 0 Å². The van der Waals surface area contributed by atoms with Gasteiger partial charge >= 0.3 is 5.97 Å². The lowest BCUT2D eigenvalue weighted by molar-refractivity contribution is -0.134. The van der Waals surface area contributed by atoms with Gasteiger partial charge in [-0.3, -0.25) is 9.11 Å². The van der Waals surface area contributed by atoms with Crippen molar-refractivity contribution in [2.75, 3.05) is 24.7 Å². The van der Waals surface area contributed by atoms with Crippen LogP contribution in [-0.4, -0.2) is 49.9 Å². The van der Waals surface area contributed by atoms with E-state index in [9.17, 15) is 18.3 Å². The molecule has 0 aliphatic carbocycles. The zero-order valence-corrected chi connectivity index (χ0v) is 22.0. The summed E-state index contributed by atoms with van der Waals surface area (Å²) in [5.41, 5.74) is 1.000. The van der Waals surface area contributed by atoms with Crippen LogP contribution in [0.1, 0.15) is 39.5 Å². The van der Waals surface area contributed by atoms with Crippen molar-refractivity contribution in [3.05, 3.63) is 54.6 Å². The van der Waals surface area contributed by atoms with Crippen molar-refractivity contribution >= 4 is 39.9 Å². The van der Waals surface area contributed by atoms with Gasteiger partial charge in [0.15, 0.2) is 0 Å². The molecule has 0 saturated carbocycles. The van der Waals surface area contributed by atoms with E-state index < -0.39 is 28.1 Å². The van der Waals surface area contributed by atoms with Crippen LogP contribution in [0.15, 0.2) is 64.3 Å². The molecule has 0 spiro atoms. The lowest BCUT2D eigenvalue weighted by Gasteiger charge is -2.50. The van der Waals surface area contributed by atoms with Crippen molar-refractivity contribution < 1.29 is 28.1 Å². The second-order valence-corrected chi connectivity index (χ2v) is 11.4. The second kappa shape index (κ2) is 11.2. The third kappa shape index (κ3) is 5.46. The molecule has 0 aromatic heterocycles. The van der Waals surface area contributed by atoms with E-state index in [1.165, 1.54) is 17.8 Å². The zero-order chi connectivity index (χ0) is 25.8. The highest BCUT2D eigenvalue weighted by molar-refractivity contribution is 8.22. The number of benzene rings is 2. The number of ether oxygens (including phenoxy) is 1. The van der Waals surface area contributed by atoms with Crippen molar-refractivity contribution in [1.82, 2.24) is 4.31 Å². The predicted octanol–water partition coefficient (Wildman–Crippen LogP) is 7.13. The van der Waals surface area contributed by atoms with Crippen LogP contribution in [0.2, 0.25) is 0 Å². The van der Waals surface area contributed by atoms with E-state index in [4.69, 9.17) is 9.84 Å². The molecule has 0 saturated heterocycles. The van der Waals surface area contributed by atoms with Gasteiger partial charge in [-0.1, -0.05) is 44.9 Å². The van der Waals surface area contributed by atoms with Crippen molar-refractivity contribution in [2.45, 2.75) is 54.9 Å². The molecule has 0 radical (unpaired) electrons. The average Bonchev–Trinajstić information content (AvgIpc) is 2.93. The lowest BCUT2D eigenvalue weighted by atomic mass is 9.88. The SMILES string of the molecule is CCCCC1(CC)CN(c2ccccc2)c2cc(SC)c(O/C=C(\F)C(=O)O)cc2S(O)(O)N1C. The molecule has 192 valence electrons. The summed E-state index contributed by atoms with van der Waals surface area (Å²) in [4.78, 5) is 13.8. The number of halogens is 1. The van der Waals surface area contributed by atoms with Crippen LogP contribution < -0.4 is 9.64 Å². The van der Waals surface area contributed by atoms with Gasteiger partial charge in [0.2, 0.25) is 5.83 Å². The molecule has 1 aliphatic rings. The van der Waals surface area contributed by atoms with Crippen LogP contribution >= 0.6 is 22.5 Å². The Balaban J connectivity index is 2.27. The van der Waals surface area contributed by atoms with Gasteiger partial charge in [-0.15, -0.1) is 22.5 Å². The van der Waals surface area contributed by atoms with Crippen molar-refractivity contribution in [3.63, 3.8) is 0 Å². The first kappa shape index (κ1) is 27.3. The number of thioether (sulfide) groups is 1. The maximum absolute atomic E-state index is 13.6. The predicted molar refractivity (Wildman–Crippen MR) is 141 cm³/mol. The van der Waals surface area contributed by atoms with Gasteiger partial charge in [0.05, 0.1) is 16.1 Å². The lowest BCUT2D eigenvalue weighted by Crippen LogP contribution is -2.52. The first-order valence-electron chi connectivity index (χ1n) is 11.4. The minimum absolute atomic E-state index is 0.145. The summed E-state index contributed by atoms with van der Waals surface area (Å²) in [6.45, 7) is 4.70.